The van der Waals surface area contributed by atoms with Crippen LogP contribution in [0.5, 0.6) is 11.5 Å². The van der Waals surface area contributed by atoms with Gasteiger partial charge in [0.1, 0.15) is 16.4 Å². The Kier molecular flexibility index (Phi) is 6.81. The quantitative estimate of drug-likeness (QED) is 0.720. The van der Waals surface area contributed by atoms with Crippen LogP contribution in [0.25, 0.3) is 0 Å². The van der Waals surface area contributed by atoms with E-state index < -0.39 is 22.5 Å². The number of hydrogen-bond acceptors (Lipinski definition) is 5. The number of carbonyl (C=O) groups is 1. The predicted molar refractivity (Wildman–Crippen MR) is 104 cm³/mol. The zero-order valence-corrected chi connectivity index (χ0v) is 16.6. The van der Waals surface area contributed by atoms with E-state index in [9.17, 15) is 13.2 Å². The molecular weight excluding hydrogens is 368 g/mol. The van der Waals surface area contributed by atoms with Crippen LogP contribution in [-0.2, 0) is 21.2 Å². The van der Waals surface area contributed by atoms with E-state index in [1.54, 1.807) is 0 Å². The van der Waals surface area contributed by atoms with Crippen LogP contribution in [0, 0.1) is 6.92 Å². The van der Waals surface area contributed by atoms with Crippen molar-refractivity contribution in [3.63, 3.8) is 0 Å². The average molecular weight is 392 g/mol. The number of hydrogen-bond donors (Lipinski definition) is 2. The van der Waals surface area contributed by atoms with Gasteiger partial charge in [-0.25, -0.2) is 13.1 Å². The Morgan fingerprint density at radius 1 is 1.11 bits per heavy atom. The molecule has 1 amide bonds. The lowest BCUT2D eigenvalue weighted by Crippen LogP contribution is -2.33. The third kappa shape index (κ3) is 4.99. The Bertz CT molecular complexity index is 926. The second-order valence-electron chi connectivity index (χ2n) is 5.85. The Balaban J connectivity index is 2.13. The van der Waals surface area contributed by atoms with Crippen molar-refractivity contribution < 1.29 is 22.7 Å². The van der Waals surface area contributed by atoms with Crippen LogP contribution in [0.1, 0.15) is 18.1 Å². The molecule has 0 fully saturated rings. The molecule has 0 aromatic heterocycles. The average Bonchev–Trinajstić information content (AvgIpc) is 2.67. The number of benzene rings is 2. The molecule has 146 valence electrons. The van der Waals surface area contributed by atoms with Gasteiger partial charge >= 0.3 is 0 Å². The van der Waals surface area contributed by atoms with Gasteiger partial charge in [-0.15, -0.1) is 0 Å². The van der Waals surface area contributed by atoms with Crippen molar-refractivity contribution in [3.05, 3.63) is 47.5 Å². The van der Waals surface area contributed by atoms with E-state index in [-0.39, 0.29) is 10.6 Å². The largest absolute Gasteiger partial charge is 0.497 e. The fraction of sp³-hybridized carbons (Fsp3) is 0.316. The zero-order chi connectivity index (χ0) is 20.0. The van der Waals surface area contributed by atoms with Crippen LogP contribution >= 0.6 is 0 Å². The van der Waals surface area contributed by atoms with Crippen LogP contribution in [0.3, 0.4) is 0 Å². The number of anilines is 1. The standard InChI is InChI=1S/C19H24N2O5S/c1-5-14-8-6-7-13(2)19(14)21-18(22)12-20-27(23,24)17-10-9-15(25-3)11-16(17)26-4/h6-11,20H,5,12H2,1-4H3,(H,21,22). The van der Waals surface area contributed by atoms with Gasteiger partial charge in [0.2, 0.25) is 15.9 Å². The molecule has 0 saturated carbocycles. The van der Waals surface area contributed by atoms with Gasteiger partial charge in [-0.2, -0.15) is 0 Å². The van der Waals surface area contributed by atoms with Crippen molar-refractivity contribution in [2.45, 2.75) is 25.2 Å². The molecule has 27 heavy (non-hydrogen) atoms. The van der Waals surface area contributed by atoms with Crippen molar-refractivity contribution >= 4 is 21.6 Å². The van der Waals surface area contributed by atoms with E-state index in [1.807, 2.05) is 32.0 Å². The van der Waals surface area contributed by atoms with Gasteiger partial charge in [0.25, 0.3) is 0 Å². The van der Waals surface area contributed by atoms with Crippen LogP contribution in [-0.4, -0.2) is 35.1 Å². The molecule has 0 heterocycles. The molecule has 2 aromatic carbocycles. The molecule has 0 aliphatic carbocycles. The number of aryl methyl sites for hydroxylation is 2. The molecule has 0 atom stereocenters. The minimum atomic E-state index is -3.93. The number of amides is 1. The number of para-hydroxylation sites is 1. The van der Waals surface area contributed by atoms with Crippen LogP contribution in [0.15, 0.2) is 41.3 Å². The number of nitrogens with one attached hydrogen (secondary N) is 2. The van der Waals surface area contributed by atoms with Gasteiger partial charge in [0.05, 0.1) is 20.8 Å². The molecule has 2 N–H and O–H groups in total. The minimum Gasteiger partial charge on any atom is -0.497 e. The van der Waals surface area contributed by atoms with Gasteiger partial charge in [-0.1, -0.05) is 25.1 Å². The van der Waals surface area contributed by atoms with Crippen LogP contribution in [0.2, 0.25) is 0 Å². The third-order valence-corrected chi connectivity index (χ3v) is 5.53. The zero-order valence-electron chi connectivity index (χ0n) is 15.8. The smallest absolute Gasteiger partial charge is 0.244 e. The first kappa shape index (κ1) is 20.7. The summed E-state index contributed by atoms with van der Waals surface area (Å²) in [6, 6.07) is 10.1. The Labute approximate surface area is 159 Å². The summed E-state index contributed by atoms with van der Waals surface area (Å²) in [6.45, 7) is 3.49. The number of rotatable bonds is 8. The van der Waals surface area contributed by atoms with E-state index in [0.717, 1.165) is 17.5 Å². The van der Waals surface area contributed by atoms with Crippen molar-refractivity contribution in [1.82, 2.24) is 4.72 Å². The van der Waals surface area contributed by atoms with Gasteiger partial charge in [0, 0.05) is 11.8 Å². The molecule has 0 bridgehead atoms. The Morgan fingerprint density at radius 3 is 2.48 bits per heavy atom. The van der Waals surface area contributed by atoms with E-state index >= 15 is 0 Å². The highest BCUT2D eigenvalue weighted by Crippen LogP contribution is 2.28. The van der Waals surface area contributed by atoms with Crippen LogP contribution in [0.4, 0.5) is 5.69 Å². The maximum absolute atomic E-state index is 12.5. The monoisotopic (exact) mass is 392 g/mol. The Morgan fingerprint density at radius 2 is 1.85 bits per heavy atom. The maximum atomic E-state index is 12.5. The highest BCUT2D eigenvalue weighted by Gasteiger charge is 2.21. The summed E-state index contributed by atoms with van der Waals surface area (Å²) in [6.07, 6.45) is 0.756. The fourth-order valence-electron chi connectivity index (χ4n) is 2.62. The van der Waals surface area contributed by atoms with Crippen molar-refractivity contribution in [3.8, 4) is 11.5 Å². The molecule has 2 aromatic rings. The minimum absolute atomic E-state index is 0.0660. The molecule has 0 aliphatic rings. The molecule has 7 nitrogen and oxygen atoms in total. The molecule has 2 rings (SSSR count). The van der Waals surface area contributed by atoms with Gasteiger partial charge in [-0.3, -0.25) is 4.79 Å². The highest BCUT2D eigenvalue weighted by atomic mass is 32.2. The van der Waals surface area contributed by atoms with Crippen molar-refractivity contribution in [2.75, 3.05) is 26.1 Å². The molecule has 0 aliphatic heterocycles. The van der Waals surface area contributed by atoms with E-state index in [2.05, 4.69) is 10.0 Å². The van der Waals surface area contributed by atoms with Gasteiger partial charge < -0.3 is 14.8 Å². The first-order chi connectivity index (χ1) is 12.8. The fourth-order valence-corrected chi connectivity index (χ4v) is 3.75. The van der Waals surface area contributed by atoms with Crippen molar-refractivity contribution in [2.24, 2.45) is 0 Å². The third-order valence-electron chi connectivity index (χ3n) is 4.09. The van der Waals surface area contributed by atoms with E-state index in [1.165, 1.54) is 32.4 Å². The first-order valence-electron chi connectivity index (χ1n) is 8.42. The SMILES string of the molecule is CCc1cccc(C)c1NC(=O)CNS(=O)(=O)c1ccc(OC)cc1OC. The lowest BCUT2D eigenvalue weighted by atomic mass is 10.1. The summed E-state index contributed by atoms with van der Waals surface area (Å²) in [5, 5.41) is 2.78. The van der Waals surface area contributed by atoms with E-state index in [4.69, 9.17) is 9.47 Å². The molecule has 0 unspecified atom stereocenters. The number of sulfonamides is 1. The number of carbonyl (C=O) groups excluding carboxylic acids is 1. The van der Waals surface area contributed by atoms with Gasteiger partial charge in [-0.05, 0) is 36.6 Å². The summed E-state index contributed by atoms with van der Waals surface area (Å²) in [5.41, 5.74) is 2.62. The Hall–Kier alpha value is -2.58. The molecule has 0 spiro atoms. The first-order valence-corrected chi connectivity index (χ1v) is 9.90. The molecule has 0 saturated heterocycles. The number of ether oxygens (including phenoxy) is 2. The summed E-state index contributed by atoms with van der Waals surface area (Å²) < 4.78 is 37.6. The summed E-state index contributed by atoms with van der Waals surface area (Å²) in [5.74, 6) is 0.152. The maximum Gasteiger partial charge on any atom is 0.244 e. The second-order valence-corrected chi connectivity index (χ2v) is 7.59. The summed E-state index contributed by atoms with van der Waals surface area (Å²) in [7, 11) is -1.09. The van der Waals surface area contributed by atoms with Gasteiger partial charge in [0.15, 0.2) is 0 Å². The number of methoxy groups -OCH3 is 2. The molecular formula is C19H24N2O5S. The van der Waals surface area contributed by atoms with E-state index in [0.29, 0.717) is 11.4 Å². The molecule has 8 heteroatoms. The predicted octanol–water partition coefficient (Wildman–Crippen LogP) is 2.49. The lowest BCUT2D eigenvalue weighted by molar-refractivity contribution is -0.115. The van der Waals surface area contributed by atoms with Crippen molar-refractivity contribution in [1.29, 1.82) is 0 Å². The highest BCUT2D eigenvalue weighted by molar-refractivity contribution is 7.89. The summed E-state index contributed by atoms with van der Waals surface area (Å²) in [4.78, 5) is 12.2. The molecule has 0 radical (unpaired) electrons. The lowest BCUT2D eigenvalue weighted by Gasteiger charge is -2.14. The normalized spacial score (nSPS) is 11.1. The summed E-state index contributed by atoms with van der Waals surface area (Å²) >= 11 is 0. The topological polar surface area (TPSA) is 93.7 Å². The second kappa shape index (κ2) is 8.88. The van der Waals surface area contributed by atoms with Crippen LogP contribution < -0.4 is 19.5 Å².